The van der Waals surface area contributed by atoms with E-state index < -0.39 is 9.84 Å². The molecule has 0 amide bonds. The minimum Gasteiger partial charge on any atom is -0.323 e. The molecule has 0 aliphatic heterocycles. The smallest absolute Gasteiger partial charge is 0.175 e. The van der Waals surface area contributed by atoms with E-state index >= 15 is 0 Å². The molecule has 0 fully saturated rings. The van der Waals surface area contributed by atoms with E-state index in [1.54, 1.807) is 30.5 Å². The predicted octanol–water partition coefficient (Wildman–Crippen LogP) is 2.66. The second-order valence-electron chi connectivity index (χ2n) is 4.55. The molecule has 2 aromatic rings. The van der Waals surface area contributed by atoms with E-state index in [9.17, 15) is 8.42 Å². The molecule has 0 aliphatic carbocycles. The monoisotopic (exact) mass is 308 g/mol. The summed E-state index contributed by atoms with van der Waals surface area (Å²) in [7, 11) is -3.14. The van der Waals surface area contributed by atoms with Gasteiger partial charge in [-0.15, -0.1) is 0 Å². The zero-order chi connectivity index (χ0) is 14.8. The molecule has 106 valence electrons. The standard InChI is InChI=1S/C14H16N2O2S2/c1-10(15)14-8-5-12(9-16-14)19-11-3-6-13(7-4-11)20(2,17)18/h3-10H,15H2,1-2H3/t10-/m1/s1. The van der Waals surface area contributed by atoms with E-state index in [1.165, 1.54) is 18.0 Å². The van der Waals surface area contributed by atoms with Crippen molar-refractivity contribution in [1.29, 1.82) is 0 Å². The van der Waals surface area contributed by atoms with Gasteiger partial charge in [-0.1, -0.05) is 11.8 Å². The number of aromatic nitrogens is 1. The van der Waals surface area contributed by atoms with Crippen LogP contribution in [-0.4, -0.2) is 19.7 Å². The molecule has 1 aromatic carbocycles. The Kier molecular flexibility index (Phi) is 4.47. The molecule has 0 radical (unpaired) electrons. The molecule has 0 bridgehead atoms. The van der Waals surface area contributed by atoms with Crippen molar-refractivity contribution in [2.45, 2.75) is 27.7 Å². The van der Waals surface area contributed by atoms with Crippen molar-refractivity contribution >= 4 is 21.6 Å². The number of nitrogens with zero attached hydrogens (tertiary/aromatic N) is 1. The quantitative estimate of drug-likeness (QED) is 0.940. The molecular formula is C14H16N2O2S2. The Hall–Kier alpha value is -1.37. The van der Waals surface area contributed by atoms with Crippen molar-refractivity contribution < 1.29 is 8.42 Å². The Labute approximate surface area is 123 Å². The van der Waals surface area contributed by atoms with Crippen molar-refractivity contribution in [1.82, 2.24) is 4.98 Å². The first-order valence-corrected chi connectivity index (χ1v) is 8.76. The van der Waals surface area contributed by atoms with Gasteiger partial charge in [-0.05, 0) is 43.3 Å². The second-order valence-corrected chi connectivity index (χ2v) is 7.72. The van der Waals surface area contributed by atoms with Gasteiger partial charge in [-0.25, -0.2) is 8.42 Å². The van der Waals surface area contributed by atoms with Crippen LogP contribution in [0.2, 0.25) is 0 Å². The zero-order valence-corrected chi connectivity index (χ0v) is 12.9. The van der Waals surface area contributed by atoms with Crippen LogP contribution in [0.3, 0.4) is 0 Å². The summed E-state index contributed by atoms with van der Waals surface area (Å²) >= 11 is 1.53. The summed E-state index contributed by atoms with van der Waals surface area (Å²) in [4.78, 5) is 6.57. The van der Waals surface area contributed by atoms with Crippen LogP contribution in [0.15, 0.2) is 57.3 Å². The molecule has 1 atom stereocenters. The van der Waals surface area contributed by atoms with Gasteiger partial charge in [0.25, 0.3) is 0 Å². The fourth-order valence-corrected chi connectivity index (χ4v) is 3.03. The average molecular weight is 308 g/mol. The highest BCUT2D eigenvalue weighted by molar-refractivity contribution is 7.99. The van der Waals surface area contributed by atoms with Gasteiger partial charge in [0.05, 0.1) is 10.6 Å². The summed E-state index contributed by atoms with van der Waals surface area (Å²) in [6.07, 6.45) is 2.97. The van der Waals surface area contributed by atoms with Crippen LogP contribution in [0, 0.1) is 0 Å². The van der Waals surface area contributed by atoms with Gasteiger partial charge in [0, 0.05) is 28.3 Å². The van der Waals surface area contributed by atoms with E-state index in [0.717, 1.165) is 15.5 Å². The highest BCUT2D eigenvalue weighted by Crippen LogP contribution is 2.28. The van der Waals surface area contributed by atoms with Crippen LogP contribution < -0.4 is 5.73 Å². The maximum absolute atomic E-state index is 11.4. The maximum atomic E-state index is 11.4. The first-order valence-electron chi connectivity index (χ1n) is 6.06. The Morgan fingerprint density at radius 2 is 1.70 bits per heavy atom. The van der Waals surface area contributed by atoms with E-state index in [-0.39, 0.29) is 6.04 Å². The Bertz CT molecular complexity index is 678. The fourth-order valence-electron chi connectivity index (χ4n) is 1.61. The first-order chi connectivity index (χ1) is 9.36. The summed E-state index contributed by atoms with van der Waals surface area (Å²) in [5.74, 6) is 0. The molecule has 0 unspecified atom stereocenters. The zero-order valence-electron chi connectivity index (χ0n) is 11.3. The molecule has 2 rings (SSSR count). The summed E-state index contributed by atoms with van der Waals surface area (Å²) in [5.41, 5.74) is 6.60. The van der Waals surface area contributed by atoms with Gasteiger partial charge in [-0.2, -0.15) is 0 Å². The summed E-state index contributed by atoms with van der Waals surface area (Å²) in [5, 5.41) is 0. The molecule has 20 heavy (non-hydrogen) atoms. The van der Waals surface area contributed by atoms with Crippen molar-refractivity contribution in [2.75, 3.05) is 6.26 Å². The van der Waals surface area contributed by atoms with Crippen LogP contribution >= 0.6 is 11.8 Å². The molecule has 1 heterocycles. The second kappa shape index (κ2) is 5.95. The number of pyridine rings is 1. The van der Waals surface area contributed by atoms with Gasteiger partial charge in [0.1, 0.15) is 0 Å². The molecular weight excluding hydrogens is 292 g/mol. The molecule has 0 spiro atoms. The number of rotatable bonds is 4. The molecule has 0 saturated carbocycles. The summed E-state index contributed by atoms with van der Waals surface area (Å²) < 4.78 is 22.8. The molecule has 2 N–H and O–H groups in total. The molecule has 1 aromatic heterocycles. The highest BCUT2D eigenvalue weighted by atomic mass is 32.2. The SMILES string of the molecule is C[C@@H](N)c1ccc(Sc2ccc(S(C)(=O)=O)cc2)cn1. The van der Waals surface area contributed by atoms with Gasteiger partial charge >= 0.3 is 0 Å². The van der Waals surface area contributed by atoms with E-state index in [1.807, 2.05) is 19.1 Å². The number of sulfone groups is 1. The normalized spacial score (nSPS) is 13.2. The molecule has 0 aliphatic rings. The van der Waals surface area contributed by atoms with E-state index in [0.29, 0.717) is 4.90 Å². The third-order valence-corrected chi connectivity index (χ3v) is 4.83. The van der Waals surface area contributed by atoms with Crippen molar-refractivity contribution in [2.24, 2.45) is 5.73 Å². The Morgan fingerprint density at radius 3 is 2.15 bits per heavy atom. The lowest BCUT2D eigenvalue weighted by Gasteiger charge is -2.06. The maximum Gasteiger partial charge on any atom is 0.175 e. The largest absolute Gasteiger partial charge is 0.323 e. The van der Waals surface area contributed by atoms with E-state index in [4.69, 9.17) is 5.73 Å². The van der Waals surface area contributed by atoms with Crippen LogP contribution in [0.4, 0.5) is 0 Å². The third kappa shape index (κ3) is 3.82. The lowest BCUT2D eigenvalue weighted by molar-refractivity contribution is 0.602. The number of nitrogens with two attached hydrogens (primary N) is 1. The molecule has 4 nitrogen and oxygen atoms in total. The van der Waals surface area contributed by atoms with Gasteiger partial charge in [0.2, 0.25) is 0 Å². The minimum atomic E-state index is -3.14. The lowest BCUT2D eigenvalue weighted by Crippen LogP contribution is -2.06. The summed E-state index contributed by atoms with van der Waals surface area (Å²) in [6, 6.07) is 10.6. The van der Waals surface area contributed by atoms with Gasteiger partial charge in [-0.3, -0.25) is 4.98 Å². The van der Waals surface area contributed by atoms with Crippen LogP contribution in [0.5, 0.6) is 0 Å². The fraction of sp³-hybridized carbons (Fsp3) is 0.214. The van der Waals surface area contributed by atoms with Crippen molar-refractivity contribution in [3.63, 3.8) is 0 Å². The number of hydrogen-bond donors (Lipinski definition) is 1. The topological polar surface area (TPSA) is 73.1 Å². The third-order valence-electron chi connectivity index (χ3n) is 2.71. The Balaban J connectivity index is 2.14. The van der Waals surface area contributed by atoms with Gasteiger partial charge in [0.15, 0.2) is 9.84 Å². The number of hydrogen-bond acceptors (Lipinski definition) is 5. The summed E-state index contributed by atoms with van der Waals surface area (Å²) in [6.45, 7) is 1.89. The first kappa shape index (κ1) is 15.0. The molecule has 6 heteroatoms. The average Bonchev–Trinajstić information content (AvgIpc) is 2.39. The van der Waals surface area contributed by atoms with Crippen molar-refractivity contribution in [3.8, 4) is 0 Å². The van der Waals surface area contributed by atoms with E-state index in [2.05, 4.69) is 4.98 Å². The molecule has 0 saturated heterocycles. The van der Waals surface area contributed by atoms with Crippen LogP contribution in [-0.2, 0) is 9.84 Å². The van der Waals surface area contributed by atoms with Gasteiger partial charge < -0.3 is 5.73 Å². The Morgan fingerprint density at radius 1 is 1.10 bits per heavy atom. The highest BCUT2D eigenvalue weighted by Gasteiger charge is 2.07. The lowest BCUT2D eigenvalue weighted by atomic mass is 10.2. The van der Waals surface area contributed by atoms with Crippen LogP contribution in [0.25, 0.3) is 0 Å². The van der Waals surface area contributed by atoms with Crippen molar-refractivity contribution in [3.05, 3.63) is 48.3 Å². The minimum absolute atomic E-state index is 0.0805. The number of benzene rings is 1. The van der Waals surface area contributed by atoms with Crippen LogP contribution in [0.1, 0.15) is 18.7 Å². The predicted molar refractivity (Wildman–Crippen MR) is 80.5 cm³/mol.